The smallest absolute Gasteiger partial charge is 0.0303 e. The maximum Gasteiger partial charge on any atom is 0.0303 e. The number of aryl methyl sites for hydroxylation is 1. The van der Waals surface area contributed by atoms with Crippen molar-refractivity contribution in [3.8, 4) is 0 Å². The van der Waals surface area contributed by atoms with Crippen molar-refractivity contribution in [2.75, 3.05) is 0 Å². The van der Waals surface area contributed by atoms with Crippen molar-refractivity contribution in [3.63, 3.8) is 0 Å². The molecule has 0 aliphatic heterocycles. The van der Waals surface area contributed by atoms with E-state index in [1.807, 2.05) is 23.7 Å². The Kier molecular flexibility index (Phi) is 4.38. The fourth-order valence-corrected chi connectivity index (χ4v) is 2.93. The Balaban J connectivity index is 1.90. The Bertz CT molecular complexity index is 538. The zero-order chi connectivity index (χ0) is 13.9. The van der Waals surface area contributed by atoms with Gasteiger partial charge in [-0.2, -0.15) is 0 Å². The molecular formula is C16H22N2S. The highest BCUT2D eigenvalue weighted by Crippen LogP contribution is 2.29. The molecule has 1 N–H and O–H groups in total. The molecule has 0 aliphatic rings. The molecule has 2 aromatic heterocycles. The molecule has 2 aromatic rings. The summed E-state index contributed by atoms with van der Waals surface area (Å²) in [5, 5.41) is 3.51. The third-order valence-electron chi connectivity index (χ3n) is 3.15. The molecule has 2 heterocycles. The van der Waals surface area contributed by atoms with Gasteiger partial charge in [-0.05, 0) is 41.7 Å². The fourth-order valence-electron chi connectivity index (χ4n) is 1.90. The summed E-state index contributed by atoms with van der Waals surface area (Å²) in [6.45, 7) is 10.7. The molecule has 0 unspecified atom stereocenters. The van der Waals surface area contributed by atoms with Crippen molar-refractivity contribution < 1.29 is 0 Å². The number of hydrogen-bond acceptors (Lipinski definition) is 3. The highest BCUT2D eigenvalue weighted by Gasteiger charge is 2.15. The second-order valence-corrected chi connectivity index (χ2v) is 7.09. The van der Waals surface area contributed by atoms with E-state index in [0.717, 1.165) is 13.1 Å². The summed E-state index contributed by atoms with van der Waals surface area (Å²) in [5.74, 6) is 0. The van der Waals surface area contributed by atoms with Crippen molar-refractivity contribution in [3.05, 3.63) is 51.5 Å². The second kappa shape index (κ2) is 5.85. The molecule has 0 aliphatic carbocycles. The monoisotopic (exact) mass is 274 g/mol. The quantitative estimate of drug-likeness (QED) is 0.910. The van der Waals surface area contributed by atoms with E-state index in [9.17, 15) is 0 Å². The second-order valence-electron chi connectivity index (χ2n) is 5.92. The Hall–Kier alpha value is -1.19. The van der Waals surface area contributed by atoms with Crippen molar-refractivity contribution in [1.82, 2.24) is 10.3 Å². The van der Waals surface area contributed by atoms with Crippen LogP contribution in [0, 0.1) is 6.92 Å². The lowest BCUT2D eigenvalue weighted by molar-refractivity contribution is 0.604. The van der Waals surface area contributed by atoms with E-state index < -0.39 is 0 Å². The van der Waals surface area contributed by atoms with Gasteiger partial charge in [0.25, 0.3) is 0 Å². The zero-order valence-corrected chi connectivity index (χ0v) is 13.0. The predicted molar refractivity (Wildman–Crippen MR) is 82.5 cm³/mol. The minimum atomic E-state index is 0.255. The van der Waals surface area contributed by atoms with Gasteiger partial charge in [0.1, 0.15) is 0 Å². The van der Waals surface area contributed by atoms with E-state index in [4.69, 9.17) is 0 Å². The third kappa shape index (κ3) is 3.88. The van der Waals surface area contributed by atoms with Crippen LogP contribution in [0.5, 0.6) is 0 Å². The molecule has 2 nitrogen and oxygen atoms in total. The largest absolute Gasteiger partial charge is 0.308 e. The van der Waals surface area contributed by atoms with Crippen LogP contribution in [0.4, 0.5) is 0 Å². The van der Waals surface area contributed by atoms with E-state index in [2.05, 4.69) is 56.2 Å². The molecule has 0 atom stereocenters. The number of hydrogen-bond donors (Lipinski definition) is 1. The molecule has 0 aromatic carbocycles. The lowest BCUT2D eigenvalue weighted by Crippen LogP contribution is -2.12. The first kappa shape index (κ1) is 14.2. The molecule has 0 radical (unpaired) electrons. The van der Waals surface area contributed by atoms with Crippen LogP contribution in [-0.2, 0) is 18.5 Å². The molecule has 0 spiro atoms. The standard InChI is InChI=1S/C16H22N2S/c1-12-9-17-8-7-13(12)10-18-11-14-5-6-15(19-14)16(2,3)4/h5-9,18H,10-11H2,1-4H3. The van der Waals surface area contributed by atoms with Gasteiger partial charge in [-0.1, -0.05) is 20.8 Å². The normalized spacial score (nSPS) is 11.8. The molecule has 0 amide bonds. The van der Waals surface area contributed by atoms with Crippen molar-refractivity contribution in [2.45, 2.75) is 46.2 Å². The Morgan fingerprint density at radius 1 is 1.16 bits per heavy atom. The van der Waals surface area contributed by atoms with Crippen LogP contribution < -0.4 is 5.32 Å². The maximum atomic E-state index is 4.12. The summed E-state index contributed by atoms with van der Waals surface area (Å²) in [5.41, 5.74) is 2.82. The lowest BCUT2D eigenvalue weighted by Gasteiger charge is -2.15. The lowest BCUT2D eigenvalue weighted by atomic mass is 9.95. The molecule has 0 bridgehead atoms. The number of nitrogens with one attached hydrogen (secondary N) is 1. The minimum absolute atomic E-state index is 0.255. The molecule has 19 heavy (non-hydrogen) atoms. The van der Waals surface area contributed by atoms with Crippen LogP contribution in [0.1, 0.15) is 41.7 Å². The fraction of sp³-hybridized carbons (Fsp3) is 0.438. The van der Waals surface area contributed by atoms with Crippen LogP contribution >= 0.6 is 11.3 Å². The van der Waals surface area contributed by atoms with Gasteiger partial charge in [-0.15, -0.1) is 11.3 Å². The van der Waals surface area contributed by atoms with E-state index in [1.165, 1.54) is 20.9 Å². The van der Waals surface area contributed by atoms with Gasteiger partial charge in [0, 0.05) is 35.2 Å². The van der Waals surface area contributed by atoms with Crippen LogP contribution in [-0.4, -0.2) is 4.98 Å². The molecule has 2 rings (SSSR count). The zero-order valence-electron chi connectivity index (χ0n) is 12.2. The van der Waals surface area contributed by atoms with Gasteiger partial charge in [-0.3, -0.25) is 4.98 Å². The first-order valence-electron chi connectivity index (χ1n) is 6.66. The van der Waals surface area contributed by atoms with Crippen molar-refractivity contribution in [2.24, 2.45) is 0 Å². The number of aromatic nitrogens is 1. The van der Waals surface area contributed by atoms with Crippen LogP contribution in [0.2, 0.25) is 0 Å². The summed E-state index contributed by atoms with van der Waals surface area (Å²) in [6.07, 6.45) is 3.77. The summed E-state index contributed by atoms with van der Waals surface area (Å²) in [6, 6.07) is 6.56. The van der Waals surface area contributed by atoms with Gasteiger partial charge in [0.2, 0.25) is 0 Å². The van der Waals surface area contributed by atoms with Gasteiger partial charge in [0.15, 0.2) is 0 Å². The van der Waals surface area contributed by atoms with E-state index in [1.54, 1.807) is 0 Å². The first-order chi connectivity index (χ1) is 8.97. The molecule has 0 saturated heterocycles. The molecule has 3 heteroatoms. The van der Waals surface area contributed by atoms with E-state index >= 15 is 0 Å². The molecule has 102 valence electrons. The Labute approximate surface area is 119 Å². The van der Waals surface area contributed by atoms with Crippen LogP contribution in [0.3, 0.4) is 0 Å². The predicted octanol–water partition coefficient (Wildman–Crippen LogP) is 4.04. The van der Waals surface area contributed by atoms with Gasteiger partial charge in [-0.25, -0.2) is 0 Å². The van der Waals surface area contributed by atoms with Crippen molar-refractivity contribution in [1.29, 1.82) is 0 Å². The minimum Gasteiger partial charge on any atom is -0.308 e. The van der Waals surface area contributed by atoms with E-state index in [0.29, 0.717) is 0 Å². The topological polar surface area (TPSA) is 24.9 Å². The number of pyridine rings is 1. The molecule has 0 saturated carbocycles. The highest BCUT2D eigenvalue weighted by atomic mass is 32.1. The van der Waals surface area contributed by atoms with Crippen LogP contribution in [0.15, 0.2) is 30.6 Å². The average Bonchev–Trinajstić information content (AvgIpc) is 2.80. The van der Waals surface area contributed by atoms with Gasteiger partial charge >= 0.3 is 0 Å². The SMILES string of the molecule is Cc1cnccc1CNCc1ccc(C(C)(C)C)s1. The van der Waals surface area contributed by atoms with Gasteiger partial charge < -0.3 is 5.32 Å². The summed E-state index contributed by atoms with van der Waals surface area (Å²) < 4.78 is 0. The summed E-state index contributed by atoms with van der Waals surface area (Å²) >= 11 is 1.90. The summed E-state index contributed by atoms with van der Waals surface area (Å²) in [7, 11) is 0. The highest BCUT2D eigenvalue weighted by molar-refractivity contribution is 7.12. The number of nitrogens with zero attached hydrogens (tertiary/aromatic N) is 1. The molecular weight excluding hydrogens is 252 g/mol. The maximum absolute atomic E-state index is 4.12. The summed E-state index contributed by atoms with van der Waals surface area (Å²) in [4.78, 5) is 6.96. The third-order valence-corrected chi connectivity index (χ3v) is 4.66. The number of rotatable bonds is 4. The number of thiophene rings is 1. The Morgan fingerprint density at radius 2 is 1.95 bits per heavy atom. The first-order valence-corrected chi connectivity index (χ1v) is 7.48. The average molecular weight is 274 g/mol. The molecule has 0 fully saturated rings. The van der Waals surface area contributed by atoms with Crippen LogP contribution in [0.25, 0.3) is 0 Å². The van der Waals surface area contributed by atoms with Gasteiger partial charge in [0.05, 0.1) is 0 Å². The van der Waals surface area contributed by atoms with Crippen molar-refractivity contribution >= 4 is 11.3 Å². The van der Waals surface area contributed by atoms with E-state index in [-0.39, 0.29) is 5.41 Å². The Morgan fingerprint density at radius 3 is 2.58 bits per heavy atom.